The summed E-state index contributed by atoms with van der Waals surface area (Å²) in [6.07, 6.45) is 0. The van der Waals surface area contributed by atoms with Crippen LogP contribution < -0.4 is 0 Å². The number of nitro groups is 2. The number of Topliss-reactive ketones (excluding diaryl/α,β-unsaturated/α-hetero) is 2. The molecule has 1 atom stereocenters. The lowest BCUT2D eigenvalue weighted by Gasteiger charge is -2.24. The molecule has 0 amide bonds. The summed E-state index contributed by atoms with van der Waals surface area (Å²) in [5, 5.41) is 32.1. The molecule has 0 saturated heterocycles. The number of thioether (sulfide) groups is 1. The van der Waals surface area contributed by atoms with Gasteiger partial charge in [0.15, 0.2) is 0 Å². The summed E-state index contributed by atoms with van der Waals surface area (Å²) in [4.78, 5) is 47.2. The minimum absolute atomic E-state index is 0.0894. The highest BCUT2D eigenvalue weighted by molar-refractivity contribution is 7.99. The molecule has 3 aromatic rings. The third-order valence-electron chi connectivity index (χ3n) is 5.10. The van der Waals surface area contributed by atoms with E-state index in [0.29, 0.717) is 10.5 Å². The summed E-state index contributed by atoms with van der Waals surface area (Å²) in [6, 6.07) is 17.2. The average Bonchev–Trinajstić information content (AvgIpc) is 2.82. The molecule has 0 fully saturated rings. The normalized spacial score (nSPS) is 14.1. The van der Waals surface area contributed by atoms with Gasteiger partial charge in [-0.3, -0.25) is 29.8 Å². The summed E-state index contributed by atoms with van der Waals surface area (Å²) in [7, 11) is 0. The van der Waals surface area contributed by atoms with Crippen molar-refractivity contribution >= 4 is 40.5 Å². The van der Waals surface area contributed by atoms with Gasteiger partial charge >= 0.3 is 0 Å². The maximum atomic E-state index is 13.0. The Morgan fingerprint density at radius 2 is 1.24 bits per heavy atom. The van der Waals surface area contributed by atoms with E-state index >= 15 is 0 Å². The molecule has 4 rings (SSSR count). The van der Waals surface area contributed by atoms with E-state index in [-0.39, 0.29) is 33.8 Å². The van der Waals surface area contributed by atoms with Gasteiger partial charge in [-0.1, -0.05) is 36.4 Å². The van der Waals surface area contributed by atoms with E-state index in [2.05, 4.69) is 0 Å². The number of hydrogen-bond donors (Lipinski definition) is 1. The third-order valence-corrected chi connectivity index (χ3v) is 6.39. The first-order chi connectivity index (χ1) is 15.8. The SMILES string of the molecule is O=C1C(=O)c2ccccc2C(O)=C1C(Sc1ccc([N+](=O)[O-])cc1)c1ccc([N+](=O)[O-])cc1. The molecule has 1 aliphatic rings. The van der Waals surface area contributed by atoms with Gasteiger partial charge in [-0.05, 0) is 17.7 Å². The summed E-state index contributed by atoms with van der Waals surface area (Å²) < 4.78 is 0. The van der Waals surface area contributed by atoms with Crippen molar-refractivity contribution in [2.24, 2.45) is 0 Å². The summed E-state index contributed by atoms with van der Waals surface area (Å²) in [5.41, 5.74) is 0.306. The number of aliphatic hydroxyl groups is 1. The highest BCUT2D eigenvalue weighted by Gasteiger charge is 2.38. The minimum Gasteiger partial charge on any atom is -0.507 e. The van der Waals surface area contributed by atoms with E-state index in [1.54, 1.807) is 12.1 Å². The molecule has 9 nitrogen and oxygen atoms in total. The van der Waals surface area contributed by atoms with Gasteiger partial charge in [-0.25, -0.2) is 0 Å². The number of nitrogens with zero attached hydrogens (tertiary/aromatic N) is 2. The van der Waals surface area contributed by atoms with Crippen LogP contribution in [0.1, 0.15) is 26.7 Å². The van der Waals surface area contributed by atoms with Gasteiger partial charge in [0, 0.05) is 40.3 Å². The second-order valence-corrected chi connectivity index (χ2v) is 8.24. The van der Waals surface area contributed by atoms with Gasteiger partial charge in [0.05, 0.1) is 20.7 Å². The quantitative estimate of drug-likeness (QED) is 0.232. The molecule has 0 bridgehead atoms. The van der Waals surface area contributed by atoms with Gasteiger partial charge in [0.1, 0.15) is 5.76 Å². The van der Waals surface area contributed by atoms with Crippen molar-refractivity contribution in [2.45, 2.75) is 10.1 Å². The molecule has 164 valence electrons. The van der Waals surface area contributed by atoms with Crippen LogP contribution in [0.3, 0.4) is 0 Å². The molecular weight excluding hydrogens is 448 g/mol. The molecule has 10 heteroatoms. The van der Waals surface area contributed by atoms with Crippen LogP contribution >= 0.6 is 11.8 Å². The molecule has 1 unspecified atom stereocenters. The number of non-ortho nitro benzene ring substituents is 2. The number of hydrogen-bond acceptors (Lipinski definition) is 8. The van der Waals surface area contributed by atoms with Crippen LogP contribution in [0.25, 0.3) is 5.76 Å². The number of carbonyl (C=O) groups is 2. The van der Waals surface area contributed by atoms with Crippen molar-refractivity contribution in [3.63, 3.8) is 0 Å². The fraction of sp³-hybridized carbons (Fsp3) is 0.0435. The van der Waals surface area contributed by atoms with E-state index in [1.165, 1.54) is 60.7 Å². The maximum absolute atomic E-state index is 13.0. The van der Waals surface area contributed by atoms with Gasteiger partial charge in [-0.15, -0.1) is 11.8 Å². The Hall–Kier alpha value is -4.31. The number of rotatable bonds is 6. The zero-order valence-corrected chi connectivity index (χ0v) is 17.5. The molecule has 3 aromatic carbocycles. The first-order valence-electron chi connectivity index (χ1n) is 9.55. The van der Waals surface area contributed by atoms with Crippen molar-refractivity contribution in [3.05, 3.63) is 115 Å². The Labute approximate surface area is 190 Å². The summed E-state index contributed by atoms with van der Waals surface area (Å²) in [6.45, 7) is 0. The second kappa shape index (κ2) is 8.67. The first kappa shape index (κ1) is 21.9. The lowest BCUT2D eigenvalue weighted by Crippen LogP contribution is -2.26. The van der Waals surface area contributed by atoms with Gasteiger partial charge in [0.25, 0.3) is 11.4 Å². The molecule has 0 heterocycles. The predicted molar refractivity (Wildman–Crippen MR) is 120 cm³/mol. The van der Waals surface area contributed by atoms with Gasteiger partial charge in [-0.2, -0.15) is 0 Å². The smallest absolute Gasteiger partial charge is 0.269 e. The van der Waals surface area contributed by atoms with E-state index < -0.39 is 26.7 Å². The number of aliphatic hydroxyl groups excluding tert-OH is 1. The monoisotopic (exact) mass is 462 g/mol. The highest BCUT2D eigenvalue weighted by Crippen LogP contribution is 2.46. The third kappa shape index (κ3) is 4.11. The maximum Gasteiger partial charge on any atom is 0.269 e. The second-order valence-electron chi connectivity index (χ2n) is 7.06. The van der Waals surface area contributed by atoms with Gasteiger partial charge in [0.2, 0.25) is 11.6 Å². The lowest BCUT2D eigenvalue weighted by atomic mass is 9.85. The number of ketones is 2. The average molecular weight is 462 g/mol. The zero-order valence-electron chi connectivity index (χ0n) is 16.7. The molecule has 0 radical (unpaired) electrons. The Balaban J connectivity index is 1.85. The molecule has 0 spiro atoms. The summed E-state index contributed by atoms with van der Waals surface area (Å²) in [5.74, 6) is -2.01. The highest BCUT2D eigenvalue weighted by atomic mass is 32.2. The fourth-order valence-corrected chi connectivity index (χ4v) is 4.67. The van der Waals surface area contributed by atoms with Crippen LogP contribution in [0.5, 0.6) is 0 Å². The van der Waals surface area contributed by atoms with Crippen LogP contribution in [0.2, 0.25) is 0 Å². The van der Waals surface area contributed by atoms with E-state index in [0.717, 1.165) is 11.8 Å². The van der Waals surface area contributed by atoms with E-state index in [9.17, 15) is 34.9 Å². The Morgan fingerprint density at radius 3 is 1.79 bits per heavy atom. The molecular formula is C23H14N2O7S. The van der Waals surface area contributed by atoms with Crippen LogP contribution in [0, 0.1) is 20.2 Å². The van der Waals surface area contributed by atoms with Crippen molar-refractivity contribution < 1.29 is 24.5 Å². The molecule has 0 saturated carbocycles. The van der Waals surface area contributed by atoms with Crippen molar-refractivity contribution in [2.75, 3.05) is 0 Å². The van der Waals surface area contributed by atoms with E-state index in [1.807, 2.05) is 0 Å². The number of benzene rings is 3. The van der Waals surface area contributed by atoms with E-state index in [4.69, 9.17) is 0 Å². The Bertz CT molecular complexity index is 1330. The van der Waals surface area contributed by atoms with Crippen molar-refractivity contribution in [1.29, 1.82) is 0 Å². The van der Waals surface area contributed by atoms with Crippen LogP contribution in [0.15, 0.2) is 83.3 Å². The summed E-state index contributed by atoms with van der Waals surface area (Å²) >= 11 is 1.08. The van der Waals surface area contributed by atoms with Gasteiger partial charge < -0.3 is 5.11 Å². The topological polar surface area (TPSA) is 141 Å². The standard InChI is InChI=1S/C23H14N2O7S/c26-20-17-3-1-2-4-18(17)21(27)22(28)19(20)23(13-5-7-14(8-6-13)24(29)30)33-16-11-9-15(10-12-16)25(31)32/h1-12,23,26H. The largest absolute Gasteiger partial charge is 0.507 e. The number of nitro benzene ring substituents is 2. The lowest BCUT2D eigenvalue weighted by molar-refractivity contribution is -0.385. The molecule has 0 aromatic heterocycles. The van der Waals surface area contributed by atoms with Crippen LogP contribution in [-0.2, 0) is 4.79 Å². The Kier molecular flexibility index (Phi) is 5.76. The van der Waals surface area contributed by atoms with Crippen molar-refractivity contribution in [1.82, 2.24) is 0 Å². The Morgan fingerprint density at radius 1 is 0.727 bits per heavy atom. The molecule has 1 N–H and O–H groups in total. The molecule has 0 aliphatic heterocycles. The van der Waals surface area contributed by atoms with Crippen LogP contribution in [0.4, 0.5) is 11.4 Å². The molecule has 1 aliphatic carbocycles. The number of fused-ring (bicyclic) bond motifs is 1. The molecule has 33 heavy (non-hydrogen) atoms. The minimum atomic E-state index is -0.905. The first-order valence-corrected chi connectivity index (χ1v) is 10.4. The zero-order chi connectivity index (χ0) is 23.7. The van der Waals surface area contributed by atoms with Crippen LogP contribution in [-0.4, -0.2) is 26.5 Å². The fourth-order valence-electron chi connectivity index (χ4n) is 3.48. The number of carbonyl (C=O) groups excluding carboxylic acids is 2. The van der Waals surface area contributed by atoms with Crippen molar-refractivity contribution in [3.8, 4) is 0 Å². The predicted octanol–water partition coefficient (Wildman–Crippen LogP) is 5.07.